The molecule has 0 N–H and O–H groups in total. The second-order valence-electron chi connectivity index (χ2n) is 31.7. The van der Waals surface area contributed by atoms with E-state index < -0.39 is 0 Å². The van der Waals surface area contributed by atoms with Crippen LogP contribution in [0.15, 0.2) is 164 Å². The summed E-state index contributed by atoms with van der Waals surface area (Å²) in [5.74, 6) is 0. The van der Waals surface area contributed by atoms with Crippen LogP contribution in [0.2, 0.25) is 0 Å². The lowest BCUT2D eigenvalue weighted by Gasteiger charge is -2.51. The first kappa shape index (κ1) is 55.0. The summed E-state index contributed by atoms with van der Waals surface area (Å²) in [6.07, 6.45) is 9.30. The molecule has 6 aliphatic rings. The van der Waals surface area contributed by atoms with Gasteiger partial charge in [-0.3, -0.25) is 0 Å². The molecule has 2 unspecified atom stereocenters. The minimum Gasteiger partial charge on any atom is -0.334 e. The summed E-state index contributed by atoms with van der Waals surface area (Å²) in [5, 5.41) is 5.33. The molecule has 88 heavy (non-hydrogen) atoms. The van der Waals surface area contributed by atoms with Crippen LogP contribution in [0.4, 0.5) is 45.5 Å². The standard InChI is InChI=1S/C82H82BN3S2/c1-76(2,3)51-33-30-49(31-34-51)50-32-35-63-60(42-50)81(12)36-18-19-37-82(81,13)86(63)52-43-68-74-69(44-52)85(65-26-20-24-54-53-22-14-16-27-70(53)88-75(54)65)67-48-59-57(78(6,7)39-41-80(59,10)11)46-62(67)83(74)61-45-56-58(79(8,9)40-38-77(56,4)5)47-66(61)84(68)64-25-21-29-72-73(64)55-23-15-17-28-71(55)87-72/h14-17,20-35,42-48H,18-19,36-41H2,1-13H3. The van der Waals surface area contributed by atoms with Crippen LogP contribution in [0.3, 0.4) is 0 Å². The fraction of sp³-hybridized carbons (Fsp3) is 0.341. The molecule has 0 radical (unpaired) electrons. The van der Waals surface area contributed by atoms with Gasteiger partial charge in [0, 0.05) is 75.2 Å². The number of benzene rings is 9. The number of hydrogen-bond acceptors (Lipinski definition) is 5. The van der Waals surface area contributed by atoms with E-state index in [0.717, 1.165) is 38.5 Å². The molecule has 0 saturated heterocycles. The average molecular weight is 1180 g/mol. The van der Waals surface area contributed by atoms with Gasteiger partial charge < -0.3 is 14.7 Å². The Bertz CT molecular complexity index is 4810. The minimum absolute atomic E-state index is 0.00442. The molecule has 2 aromatic heterocycles. The van der Waals surface area contributed by atoms with E-state index in [-0.39, 0.29) is 44.7 Å². The highest BCUT2D eigenvalue weighted by Crippen LogP contribution is 2.63. The van der Waals surface area contributed by atoms with E-state index in [9.17, 15) is 0 Å². The van der Waals surface area contributed by atoms with Gasteiger partial charge in [-0.05, 0) is 200 Å². The molecule has 0 spiro atoms. The molecule has 440 valence electrons. The normalized spacial score (nSPS) is 21.7. The van der Waals surface area contributed by atoms with Gasteiger partial charge in [-0.2, -0.15) is 0 Å². The lowest BCUT2D eigenvalue weighted by molar-refractivity contribution is 0.195. The first-order valence-corrected chi connectivity index (χ1v) is 34.6. The highest BCUT2D eigenvalue weighted by atomic mass is 32.1. The Balaban J connectivity index is 1.03. The van der Waals surface area contributed by atoms with Crippen molar-refractivity contribution in [3.05, 3.63) is 197 Å². The maximum absolute atomic E-state index is 2.89. The van der Waals surface area contributed by atoms with Crippen molar-refractivity contribution in [2.45, 2.75) is 179 Å². The first-order valence-electron chi connectivity index (χ1n) is 33.0. The van der Waals surface area contributed by atoms with Gasteiger partial charge in [0.2, 0.25) is 0 Å². The van der Waals surface area contributed by atoms with Crippen molar-refractivity contribution in [1.29, 1.82) is 0 Å². The zero-order chi connectivity index (χ0) is 60.6. The van der Waals surface area contributed by atoms with Gasteiger partial charge in [0.05, 0.1) is 21.6 Å². The number of nitrogens with zero attached hydrogens (tertiary/aromatic N) is 3. The average Bonchev–Trinajstić information content (AvgIpc) is 1.13. The molecule has 2 atom stereocenters. The van der Waals surface area contributed by atoms with Crippen molar-refractivity contribution in [2.24, 2.45) is 0 Å². The summed E-state index contributed by atoms with van der Waals surface area (Å²) >= 11 is 3.90. The maximum Gasteiger partial charge on any atom is 0.252 e. The smallest absolute Gasteiger partial charge is 0.252 e. The van der Waals surface area contributed by atoms with Crippen molar-refractivity contribution >= 4 is 132 Å². The highest BCUT2D eigenvalue weighted by molar-refractivity contribution is 7.26. The number of hydrogen-bond donors (Lipinski definition) is 0. The third kappa shape index (κ3) is 7.54. The van der Waals surface area contributed by atoms with Gasteiger partial charge >= 0.3 is 0 Å². The summed E-state index contributed by atoms with van der Waals surface area (Å²) in [6, 6.07) is 66.1. The molecule has 3 aliphatic carbocycles. The van der Waals surface area contributed by atoms with E-state index >= 15 is 0 Å². The highest BCUT2D eigenvalue weighted by Gasteiger charge is 2.59. The van der Waals surface area contributed by atoms with Gasteiger partial charge in [-0.25, -0.2) is 0 Å². The molecule has 5 heterocycles. The van der Waals surface area contributed by atoms with Crippen molar-refractivity contribution in [1.82, 2.24) is 0 Å². The second kappa shape index (κ2) is 18.3. The van der Waals surface area contributed by atoms with E-state index in [1.54, 1.807) is 0 Å². The predicted molar refractivity (Wildman–Crippen MR) is 384 cm³/mol. The molecule has 17 rings (SSSR count). The third-order valence-electron chi connectivity index (χ3n) is 23.7. The Labute approximate surface area is 530 Å². The quantitative estimate of drug-likeness (QED) is 0.163. The summed E-state index contributed by atoms with van der Waals surface area (Å²) in [6.45, 7) is 32.4. The van der Waals surface area contributed by atoms with Gasteiger partial charge in [-0.1, -0.05) is 193 Å². The zero-order valence-corrected chi connectivity index (χ0v) is 55.6. The number of thiophene rings is 2. The Morgan fingerprint density at radius 2 is 0.909 bits per heavy atom. The molecule has 1 saturated carbocycles. The largest absolute Gasteiger partial charge is 0.334 e. The van der Waals surface area contributed by atoms with Crippen molar-refractivity contribution in [2.75, 3.05) is 14.7 Å². The summed E-state index contributed by atoms with van der Waals surface area (Å²) < 4.78 is 5.33. The predicted octanol–water partition coefficient (Wildman–Crippen LogP) is 21.9. The van der Waals surface area contributed by atoms with E-state index in [4.69, 9.17) is 0 Å². The molecule has 0 amide bonds. The number of fused-ring (bicyclic) bond motifs is 15. The summed E-state index contributed by atoms with van der Waals surface area (Å²) in [7, 11) is 0. The number of rotatable bonds is 4. The van der Waals surface area contributed by atoms with Crippen LogP contribution in [0, 0.1) is 0 Å². The van der Waals surface area contributed by atoms with Crippen LogP contribution >= 0.6 is 22.7 Å². The molecule has 3 aliphatic heterocycles. The maximum atomic E-state index is 2.89. The van der Waals surface area contributed by atoms with E-state index in [1.165, 1.54) is 160 Å². The first-order chi connectivity index (χ1) is 42.0. The Kier molecular flexibility index (Phi) is 11.4. The molecule has 3 nitrogen and oxygen atoms in total. The van der Waals surface area contributed by atoms with Crippen LogP contribution in [0.25, 0.3) is 51.5 Å². The number of anilines is 8. The molecule has 6 heteroatoms. The van der Waals surface area contributed by atoms with Gasteiger partial charge in [0.1, 0.15) is 0 Å². The Morgan fingerprint density at radius 1 is 0.398 bits per heavy atom. The van der Waals surface area contributed by atoms with Crippen LogP contribution < -0.4 is 31.1 Å². The molecular weight excluding hydrogens is 1100 g/mol. The molecule has 0 bridgehead atoms. The Hall–Kier alpha value is -7.12. The van der Waals surface area contributed by atoms with E-state index in [0.29, 0.717) is 0 Å². The summed E-state index contributed by atoms with van der Waals surface area (Å²) in [5.41, 5.74) is 25.9. The third-order valence-corrected chi connectivity index (χ3v) is 26.0. The second-order valence-corrected chi connectivity index (χ2v) is 33.8. The van der Waals surface area contributed by atoms with Crippen molar-refractivity contribution in [3.63, 3.8) is 0 Å². The van der Waals surface area contributed by atoms with Crippen LogP contribution in [-0.4, -0.2) is 12.3 Å². The van der Waals surface area contributed by atoms with Crippen LogP contribution in [0.5, 0.6) is 0 Å². The summed E-state index contributed by atoms with van der Waals surface area (Å²) in [4.78, 5) is 8.51. The van der Waals surface area contributed by atoms with E-state index in [2.05, 4.69) is 269 Å². The van der Waals surface area contributed by atoms with Gasteiger partial charge in [-0.15, -0.1) is 22.7 Å². The van der Waals surface area contributed by atoms with Crippen LogP contribution in [-0.2, 0) is 32.5 Å². The minimum atomic E-state index is -0.212. The lowest BCUT2D eigenvalue weighted by atomic mass is 9.32. The lowest BCUT2D eigenvalue weighted by Crippen LogP contribution is -2.62. The van der Waals surface area contributed by atoms with Gasteiger partial charge in [0.15, 0.2) is 0 Å². The van der Waals surface area contributed by atoms with Crippen LogP contribution in [0.1, 0.15) is 175 Å². The fourth-order valence-electron chi connectivity index (χ4n) is 18.1. The zero-order valence-electron chi connectivity index (χ0n) is 54.0. The van der Waals surface area contributed by atoms with Gasteiger partial charge in [0.25, 0.3) is 6.71 Å². The van der Waals surface area contributed by atoms with Crippen molar-refractivity contribution in [3.8, 4) is 11.1 Å². The van der Waals surface area contributed by atoms with E-state index in [1.807, 2.05) is 22.7 Å². The SMILES string of the molecule is CC(C)(C)c1ccc(-c2ccc3c(c2)C2(C)CCCCC2(C)N3c2cc3c4c(c2)N(c2cccc5sc6ccccc6c25)c2cc5c(cc2B4c2cc4c(cc2N3c2cccc3c2sc2ccccc23)C(C)(C)CCC4(C)C)C(C)(C)CCC5(C)C)cc1. The molecule has 9 aromatic carbocycles. The molecule has 11 aromatic rings. The fourth-order valence-corrected chi connectivity index (χ4v) is 20.4. The monoisotopic (exact) mass is 1180 g/mol. The molecular formula is C82H82BN3S2. The topological polar surface area (TPSA) is 9.72 Å². The molecule has 1 fully saturated rings. The van der Waals surface area contributed by atoms with Crippen molar-refractivity contribution < 1.29 is 0 Å². The Morgan fingerprint density at radius 3 is 1.53 bits per heavy atom.